The first-order valence-corrected chi connectivity index (χ1v) is 9.61. The number of fused-ring (bicyclic) bond motifs is 1. The number of nitrogens with one attached hydrogen (secondary N) is 1. The first-order valence-electron chi connectivity index (χ1n) is 9.61. The van der Waals surface area contributed by atoms with Crippen molar-refractivity contribution in [2.24, 2.45) is 0 Å². The van der Waals surface area contributed by atoms with Crippen molar-refractivity contribution in [1.82, 2.24) is 14.9 Å². The molecule has 0 spiro atoms. The van der Waals surface area contributed by atoms with E-state index >= 15 is 0 Å². The van der Waals surface area contributed by atoms with Crippen molar-refractivity contribution in [3.8, 4) is 11.5 Å². The molecule has 0 atom stereocenters. The molecule has 0 aliphatic heterocycles. The largest absolute Gasteiger partial charge is 0.493 e. The zero-order valence-electron chi connectivity index (χ0n) is 17.3. The second kappa shape index (κ2) is 9.52. The standard InChI is InChI=1S/C22H27FN4O2/c1-15-7-8-18(17(23)11-15)26-22-16-12-20(28-4)21(13-19(16)24-14-25-22)29-10-6-5-9-27(2)3/h7-8,11-14H,5-6,9-10H2,1-4H3,(H,24,25,26). The van der Waals surface area contributed by atoms with Crippen LogP contribution in [0.25, 0.3) is 10.9 Å². The summed E-state index contributed by atoms with van der Waals surface area (Å²) in [6.07, 6.45) is 3.45. The first kappa shape index (κ1) is 20.8. The Bertz CT molecular complexity index is 978. The third kappa shape index (κ3) is 5.32. The van der Waals surface area contributed by atoms with Gasteiger partial charge in [0.2, 0.25) is 0 Å². The molecule has 7 heteroatoms. The normalized spacial score (nSPS) is 11.1. The second-order valence-corrected chi connectivity index (χ2v) is 7.21. The predicted molar refractivity (Wildman–Crippen MR) is 114 cm³/mol. The Balaban J connectivity index is 1.82. The lowest BCUT2D eigenvalue weighted by molar-refractivity contribution is 0.277. The van der Waals surface area contributed by atoms with Crippen molar-refractivity contribution < 1.29 is 13.9 Å². The lowest BCUT2D eigenvalue weighted by Gasteiger charge is -2.14. The highest BCUT2D eigenvalue weighted by atomic mass is 19.1. The molecule has 3 aromatic rings. The fourth-order valence-electron chi connectivity index (χ4n) is 3.00. The van der Waals surface area contributed by atoms with Gasteiger partial charge in [0.1, 0.15) is 18.0 Å². The summed E-state index contributed by atoms with van der Waals surface area (Å²) in [5.74, 6) is 1.40. The first-order chi connectivity index (χ1) is 14.0. The van der Waals surface area contributed by atoms with Crippen LogP contribution in [0.15, 0.2) is 36.7 Å². The zero-order chi connectivity index (χ0) is 20.8. The number of benzene rings is 2. The van der Waals surface area contributed by atoms with E-state index in [1.807, 2.05) is 25.1 Å². The molecular formula is C22H27FN4O2. The van der Waals surface area contributed by atoms with Gasteiger partial charge in [0.15, 0.2) is 11.5 Å². The van der Waals surface area contributed by atoms with E-state index in [1.54, 1.807) is 13.2 Å². The molecule has 0 fully saturated rings. The molecular weight excluding hydrogens is 371 g/mol. The number of hydrogen-bond acceptors (Lipinski definition) is 6. The van der Waals surface area contributed by atoms with Crippen LogP contribution in [0.5, 0.6) is 11.5 Å². The highest BCUT2D eigenvalue weighted by Crippen LogP contribution is 2.35. The zero-order valence-corrected chi connectivity index (χ0v) is 17.3. The number of nitrogens with zero attached hydrogens (tertiary/aromatic N) is 3. The third-order valence-electron chi connectivity index (χ3n) is 4.56. The molecule has 0 aliphatic carbocycles. The minimum Gasteiger partial charge on any atom is -0.493 e. The number of rotatable bonds is 9. The second-order valence-electron chi connectivity index (χ2n) is 7.21. The lowest BCUT2D eigenvalue weighted by Crippen LogP contribution is -2.13. The van der Waals surface area contributed by atoms with Gasteiger partial charge in [0.05, 0.1) is 24.9 Å². The minimum absolute atomic E-state index is 0.332. The number of unbranched alkanes of at least 4 members (excludes halogenated alkanes) is 1. The molecule has 2 aromatic carbocycles. The fourth-order valence-corrected chi connectivity index (χ4v) is 3.00. The number of anilines is 2. The summed E-state index contributed by atoms with van der Waals surface area (Å²) in [5, 5.41) is 3.78. The average Bonchev–Trinajstić information content (AvgIpc) is 2.69. The highest BCUT2D eigenvalue weighted by molar-refractivity contribution is 5.93. The van der Waals surface area contributed by atoms with E-state index in [-0.39, 0.29) is 5.82 Å². The Morgan fingerprint density at radius 1 is 1.07 bits per heavy atom. The van der Waals surface area contributed by atoms with Gasteiger partial charge in [-0.05, 0) is 64.2 Å². The van der Waals surface area contributed by atoms with Crippen molar-refractivity contribution >= 4 is 22.4 Å². The molecule has 0 aliphatic rings. The van der Waals surface area contributed by atoms with Gasteiger partial charge in [-0.25, -0.2) is 14.4 Å². The molecule has 0 saturated heterocycles. The van der Waals surface area contributed by atoms with Gasteiger partial charge < -0.3 is 19.7 Å². The van der Waals surface area contributed by atoms with Crippen LogP contribution in [0.1, 0.15) is 18.4 Å². The number of aryl methyl sites for hydroxylation is 1. The molecule has 0 unspecified atom stereocenters. The molecule has 0 saturated carbocycles. The average molecular weight is 398 g/mol. The third-order valence-corrected chi connectivity index (χ3v) is 4.56. The van der Waals surface area contributed by atoms with Gasteiger partial charge in [-0.2, -0.15) is 0 Å². The molecule has 3 rings (SSSR count). The van der Waals surface area contributed by atoms with Gasteiger partial charge in [0.25, 0.3) is 0 Å². The van der Waals surface area contributed by atoms with E-state index in [4.69, 9.17) is 9.47 Å². The van der Waals surface area contributed by atoms with Gasteiger partial charge >= 0.3 is 0 Å². The minimum atomic E-state index is -0.332. The van der Waals surface area contributed by atoms with Crippen LogP contribution in [0.2, 0.25) is 0 Å². The number of ether oxygens (including phenoxy) is 2. The quantitative estimate of drug-likeness (QED) is 0.534. The molecule has 1 N–H and O–H groups in total. The Morgan fingerprint density at radius 2 is 1.90 bits per heavy atom. The number of halogens is 1. The Labute approximate surface area is 170 Å². The van der Waals surface area contributed by atoms with Crippen molar-refractivity contribution in [1.29, 1.82) is 0 Å². The Morgan fingerprint density at radius 3 is 2.62 bits per heavy atom. The summed E-state index contributed by atoms with van der Waals surface area (Å²) in [4.78, 5) is 10.8. The number of hydrogen-bond donors (Lipinski definition) is 1. The van der Waals surface area contributed by atoms with E-state index in [0.717, 1.165) is 30.3 Å². The summed E-state index contributed by atoms with van der Waals surface area (Å²) in [5.41, 5.74) is 1.91. The maximum absolute atomic E-state index is 14.2. The highest BCUT2D eigenvalue weighted by Gasteiger charge is 2.13. The van der Waals surface area contributed by atoms with Gasteiger partial charge in [-0.15, -0.1) is 0 Å². The van der Waals surface area contributed by atoms with E-state index < -0.39 is 0 Å². The van der Waals surface area contributed by atoms with E-state index in [1.165, 1.54) is 12.4 Å². The molecule has 0 amide bonds. The summed E-state index contributed by atoms with van der Waals surface area (Å²) in [6, 6.07) is 8.67. The monoisotopic (exact) mass is 398 g/mol. The molecule has 0 bridgehead atoms. The summed E-state index contributed by atoms with van der Waals surface area (Å²) in [7, 11) is 5.71. The number of methoxy groups -OCH3 is 1. The van der Waals surface area contributed by atoms with Gasteiger partial charge in [0, 0.05) is 11.5 Å². The van der Waals surface area contributed by atoms with E-state index in [9.17, 15) is 4.39 Å². The SMILES string of the molecule is COc1cc2c(Nc3ccc(C)cc3F)ncnc2cc1OCCCCN(C)C. The summed E-state index contributed by atoms with van der Waals surface area (Å²) >= 11 is 0. The molecule has 29 heavy (non-hydrogen) atoms. The van der Waals surface area contributed by atoms with Gasteiger partial charge in [-0.1, -0.05) is 6.07 Å². The van der Waals surface area contributed by atoms with Gasteiger partial charge in [-0.3, -0.25) is 0 Å². The Hall–Kier alpha value is -2.93. The van der Waals surface area contributed by atoms with Crippen LogP contribution in [-0.4, -0.2) is 49.2 Å². The Kier molecular flexibility index (Phi) is 6.82. The van der Waals surface area contributed by atoms with Crippen LogP contribution in [0, 0.1) is 12.7 Å². The number of aromatic nitrogens is 2. The lowest BCUT2D eigenvalue weighted by atomic mass is 10.2. The van der Waals surface area contributed by atoms with Crippen LogP contribution in [0.4, 0.5) is 15.9 Å². The molecule has 154 valence electrons. The smallest absolute Gasteiger partial charge is 0.163 e. The molecule has 6 nitrogen and oxygen atoms in total. The fraction of sp³-hybridized carbons (Fsp3) is 0.364. The molecule has 1 aromatic heterocycles. The van der Waals surface area contributed by atoms with Crippen molar-refractivity contribution in [2.75, 3.05) is 39.7 Å². The van der Waals surface area contributed by atoms with Crippen LogP contribution >= 0.6 is 0 Å². The molecule has 0 radical (unpaired) electrons. The van der Waals surface area contributed by atoms with Crippen LogP contribution in [0.3, 0.4) is 0 Å². The van der Waals surface area contributed by atoms with Crippen molar-refractivity contribution in [2.45, 2.75) is 19.8 Å². The summed E-state index contributed by atoms with van der Waals surface area (Å²) < 4.78 is 25.7. The maximum atomic E-state index is 14.2. The van der Waals surface area contributed by atoms with Crippen molar-refractivity contribution in [3.63, 3.8) is 0 Å². The van der Waals surface area contributed by atoms with Crippen LogP contribution < -0.4 is 14.8 Å². The van der Waals surface area contributed by atoms with Crippen LogP contribution in [-0.2, 0) is 0 Å². The predicted octanol–water partition coefficient (Wildman–Crippen LogP) is 4.55. The maximum Gasteiger partial charge on any atom is 0.163 e. The van der Waals surface area contributed by atoms with E-state index in [0.29, 0.717) is 35.1 Å². The van der Waals surface area contributed by atoms with Crippen molar-refractivity contribution in [3.05, 3.63) is 48.0 Å². The topological polar surface area (TPSA) is 59.5 Å². The molecule has 1 heterocycles. The van der Waals surface area contributed by atoms with E-state index in [2.05, 4.69) is 34.3 Å². The summed E-state index contributed by atoms with van der Waals surface area (Å²) in [6.45, 7) is 3.47.